The standard InChI is InChI=1S/C19H24N4O2/c1-15-5-6-16(14-17(15)24)21-19(25)7-9-22-10-12-23(13-11-22)18-4-2-3-8-20-18/h2-6,8,14,24H,7,9-13H2,1H3,(H,21,25). The number of anilines is 2. The number of amides is 1. The van der Waals surface area contributed by atoms with Gasteiger partial charge in [0.15, 0.2) is 0 Å². The van der Waals surface area contributed by atoms with Crippen LogP contribution in [0.5, 0.6) is 5.75 Å². The number of pyridine rings is 1. The summed E-state index contributed by atoms with van der Waals surface area (Å²) in [5, 5.41) is 12.5. The van der Waals surface area contributed by atoms with Gasteiger partial charge >= 0.3 is 0 Å². The highest BCUT2D eigenvalue weighted by molar-refractivity contribution is 5.91. The fourth-order valence-corrected chi connectivity index (χ4v) is 2.91. The molecule has 0 atom stereocenters. The first kappa shape index (κ1) is 17.2. The van der Waals surface area contributed by atoms with Crippen LogP contribution < -0.4 is 10.2 Å². The smallest absolute Gasteiger partial charge is 0.225 e. The van der Waals surface area contributed by atoms with Gasteiger partial charge in [-0.2, -0.15) is 0 Å². The van der Waals surface area contributed by atoms with Crippen LogP contribution in [0.3, 0.4) is 0 Å². The molecule has 0 bridgehead atoms. The zero-order valence-corrected chi connectivity index (χ0v) is 14.5. The van der Waals surface area contributed by atoms with Crippen LogP contribution in [0.1, 0.15) is 12.0 Å². The van der Waals surface area contributed by atoms with Gasteiger partial charge in [0.25, 0.3) is 0 Å². The Bertz CT molecular complexity index is 713. The fraction of sp³-hybridized carbons (Fsp3) is 0.368. The molecule has 0 radical (unpaired) electrons. The van der Waals surface area contributed by atoms with E-state index in [2.05, 4.69) is 20.1 Å². The number of hydrogen-bond acceptors (Lipinski definition) is 5. The number of benzene rings is 1. The van der Waals surface area contributed by atoms with Gasteiger partial charge in [0.05, 0.1) is 0 Å². The molecule has 1 aliphatic rings. The van der Waals surface area contributed by atoms with E-state index in [9.17, 15) is 9.90 Å². The Balaban J connectivity index is 1.42. The summed E-state index contributed by atoms with van der Waals surface area (Å²) in [5.41, 5.74) is 1.43. The first-order valence-corrected chi connectivity index (χ1v) is 8.59. The molecule has 132 valence electrons. The van der Waals surface area contributed by atoms with Crippen LogP contribution in [0.4, 0.5) is 11.5 Å². The number of rotatable bonds is 5. The number of hydrogen-bond donors (Lipinski definition) is 2. The Morgan fingerprint density at radius 3 is 2.68 bits per heavy atom. The molecular weight excluding hydrogens is 316 g/mol. The minimum atomic E-state index is -0.0320. The van der Waals surface area contributed by atoms with Gasteiger partial charge in [-0.05, 0) is 30.7 Å². The maximum absolute atomic E-state index is 12.1. The van der Waals surface area contributed by atoms with Gasteiger partial charge in [-0.3, -0.25) is 9.69 Å². The maximum atomic E-state index is 12.1. The molecule has 1 aliphatic heterocycles. The summed E-state index contributed by atoms with van der Waals surface area (Å²) in [5.74, 6) is 1.18. The van der Waals surface area contributed by atoms with E-state index >= 15 is 0 Å². The minimum Gasteiger partial charge on any atom is -0.508 e. The Kier molecular flexibility index (Phi) is 5.50. The van der Waals surface area contributed by atoms with Crippen molar-refractivity contribution in [3.63, 3.8) is 0 Å². The highest BCUT2D eigenvalue weighted by atomic mass is 16.3. The fourth-order valence-electron chi connectivity index (χ4n) is 2.91. The number of piperazine rings is 1. The lowest BCUT2D eigenvalue weighted by Crippen LogP contribution is -2.47. The number of carbonyl (C=O) groups is 1. The van der Waals surface area contributed by atoms with E-state index in [1.54, 1.807) is 18.2 Å². The largest absolute Gasteiger partial charge is 0.508 e. The summed E-state index contributed by atoms with van der Waals surface area (Å²) in [6, 6.07) is 11.1. The van der Waals surface area contributed by atoms with Crippen molar-refractivity contribution in [3.05, 3.63) is 48.2 Å². The van der Waals surface area contributed by atoms with Crippen LogP contribution in [0.2, 0.25) is 0 Å². The van der Waals surface area contributed by atoms with Gasteiger partial charge in [-0.15, -0.1) is 0 Å². The Morgan fingerprint density at radius 2 is 2.00 bits per heavy atom. The second-order valence-corrected chi connectivity index (χ2v) is 6.32. The van der Waals surface area contributed by atoms with Crippen LogP contribution in [-0.2, 0) is 4.79 Å². The van der Waals surface area contributed by atoms with Crippen LogP contribution in [-0.4, -0.2) is 53.6 Å². The molecule has 1 fully saturated rings. The summed E-state index contributed by atoms with van der Waals surface area (Å²) >= 11 is 0. The monoisotopic (exact) mass is 340 g/mol. The molecule has 0 spiro atoms. The Morgan fingerprint density at radius 1 is 1.20 bits per heavy atom. The highest BCUT2D eigenvalue weighted by Crippen LogP contribution is 2.21. The molecule has 1 saturated heterocycles. The number of nitrogens with zero attached hydrogens (tertiary/aromatic N) is 3. The molecule has 3 rings (SSSR count). The molecule has 6 nitrogen and oxygen atoms in total. The van der Waals surface area contributed by atoms with Crippen LogP contribution in [0, 0.1) is 6.92 Å². The minimum absolute atomic E-state index is 0.0320. The van der Waals surface area contributed by atoms with E-state index in [-0.39, 0.29) is 11.7 Å². The zero-order valence-electron chi connectivity index (χ0n) is 14.5. The number of aromatic hydroxyl groups is 1. The summed E-state index contributed by atoms with van der Waals surface area (Å²) in [6.07, 6.45) is 2.26. The molecule has 1 amide bonds. The molecule has 2 heterocycles. The average Bonchev–Trinajstić information content (AvgIpc) is 2.64. The molecule has 6 heteroatoms. The second kappa shape index (κ2) is 7.98. The van der Waals surface area contributed by atoms with Gasteiger partial charge in [-0.1, -0.05) is 12.1 Å². The van der Waals surface area contributed by atoms with E-state index < -0.39 is 0 Å². The number of aryl methyl sites for hydroxylation is 1. The van der Waals surface area contributed by atoms with Crippen molar-refractivity contribution in [2.45, 2.75) is 13.3 Å². The number of nitrogens with one attached hydrogen (secondary N) is 1. The second-order valence-electron chi connectivity index (χ2n) is 6.32. The highest BCUT2D eigenvalue weighted by Gasteiger charge is 2.18. The third-order valence-electron chi connectivity index (χ3n) is 4.49. The van der Waals surface area contributed by atoms with Crippen molar-refractivity contribution in [1.29, 1.82) is 0 Å². The number of carbonyl (C=O) groups excluding carboxylic acids is 1. The molecule has 2 aromatic rings. The average molecular weight is 340 g/mol. The van der Waals surface area contributed by atoms with Crippen LogP contribution >= 0.6 is 0 Å². The van der Waals surface area contributed by atoms with Crippen molar-refractivity contribution in [1.82, 2.24) is 9.88 Å². The van der Waals surface area contributed by atoms with Gasteiger partial charge in [-0.25, -0.2) is 4.98 Å². The predicted octanol–water partition coefficient (Wildman–Crippen LogP) is 2.25. The van der Waals surface area contributed by atoms with Crippen molar-refractivity contribution < 1.29 is 9.90 Å². The van der Waals surface area contributed by atoms with E-state index in [0.29, 0.717) is 12.1 Å². The molecule has 0 saturated carbocycles. The number of aromatic nitrogens is 1. The van der Waals surface area contributed by atoms with E-state index in [1.165, 1.54) is 0 Å². The first-order chi connectivity index (χ1) is 12.1. The van der Waals surface area contributed by atoms with Crippen molar-refractivity contribution >= 4 is 17.4 Å². The zero-order chi connectivity index (χ0) is 17.6. The van der Waals surface area contributed by atoms with E-state index in [1.807, 2.05) is 31.3 Å². The summed E-state index contributed by atoms with van der Waals surface area (Å²) in [4.78, 5) is 21.0. The van der Waals surface area contributed by atoms with E-state index in [0.717, 1.165) is 44.1 Å². The van der Waals surface area contributed by atoms with Crippen molar-refractivity contribution in [3.8, 4) is 5.75 Å². The Labute approximate surface area is 148 Å². The quantitative estimate of drug-likeness (QED) is 0.874. The molecule has 1 aromatic heterocycles. The molecule has 0 unspecified atom stereocenters. The summed E-state index contributed by atoms with van der Waals surface area (Å²) in [6.45, 7) is 6.25. The molecule has 2 N–H and O–H groups in total. The maximum Gasteiger partial charge on any atom is 0.225 e. The lowest BCUT2D eigenvalue weighted by atomic mass is 10.2. The SMILES string of the molecule is Cc1ccc(NC(=O)CCN2CCN(c3ccccn3)CC2)cc1O. The third-order valence-corrected chi connectivity index (χ3v) is 4.49. The van der Waals surface area contributed by atoms with Crippen molar-refractivity contribution in [2.75, 3.05) is 42.9 Å². The van der Waals surface area contributed by atoms with Gasteiger partial charge < -0.3 is 15.3 Å². The summed E-state index contributed by atoms with van der Waals surface area (Å²) in [7, 11) is 0. The van der Waals surface area contributed by atoms with E-state index in [4.69, 9.17) is 0 Å². The number of phenolic OH excluding ortho intramolecular Hbond substituents is 1. The Hall–Kier alpha value is -2.60. The molecular formula is C19H24N4O2. The van der Waals surface area contributed by atoms with Gasteiger partial charge in [0.2, 0.25) is 5.91 Å². The predicted molar refractivity (Wildman–Crippen MR) is 99.0 cm³/mol. The molecule has 0 aliphatic carbocycles. The third kappa shape index (κ3) is 4.70. The van der Waals surface area contributed by atoms with Crippen LogP contribution in [0.25, 0.3) is 0 Å². The molecule has 25 heavy (non-hydrogen) atoms. The summed E-state index contributed by atoms with van der Waals surface area (Å²) < 4.78 is 0. The van der Waals surface area contributed by atoms with Crippen molar-refractivity contribution in [2.24, 2.45) is 0 Å². The number of phenols is 1. The normalized spacial score (nSPS) is 15.2. The van der Waals surface area contributed by atoms with Crippen LogP contribution in [0.15, 0.2) is 42.6 Å². The first-order valence-electron chi connectivity index (χ1n) is 8.59. The van der Waals surface area contributed by atoms with Gasteiger partial charge in [0.1, 0.15) is 11.6 Å². The molecule has 1 aromatic carbocycles. The lowest BCUT2D eigenvalue weighted by molar-refractivity contribution is -0.116. The van der Waals surface area contributed by atoms with Gasteiger partial charge in [0, 0.05) is 57.1 Å². The lowest BCUT2D eigenvalue weighted by Gasteiger charge is -2.35. The topological polar surface area (TPSA) is 68.7 Å².